The summed E-state index contributed by atoms with van der Waals surface area (Å²) in [5.41, 5.74) is 0. The first-order valence-electron chi connectivity index (χ1n) is 8.99. The van der Waals surface area contributed by atoms with Gasteiger partial charge in [0, 0.05) is 24.5 Å². The maximum atomic E-state index is 13.1. The summed E-state index contributed by atoms with van der Waals surface area (Å²) in [6.07, 6.45) is 3.27. The van der Waals surface area contributed by atoms with Gasteiger partial charge in [0.2, 0.25) is 0 Å². The fraction of sp³-hybridized carbons (Fsp3) is 0.200. The Bertz CT molecular complexity index is 1080. The topological polar surface area (TPSA) is 119 Å². The van der Waals surface area contributed by atoms with Gasteiger partial charge in [0.15, 0.2) is 9.84 Å². The fourth-order valence-electron chi connectivity index (χ4n) is 2.73. The average Bonchev–Trinajstić information content (AvgIpc) is 3.42. The SMILES string of the molecule is O=C(NCCc1ccco1)C(=O)NC[C@H](c1ccco1)S(=O)(=O)c1ccc(Cl)cc1. The lowest BCUT2D eigenvalue weighted by Gasteiger charge is -2.16. The third kappa shape index (κ3) is 5.31. The third-order valence-corrected chi connectivity index (χ3v) is 6.60. The highest BCUT2D eigenvalue weighted by Gasteiger charge is 2.32. The lowest BCUT2D eigenvalue weighted by atomic mass is 10.3. The highest BCUT2D eigenvalue weighted by Crippen LogP contribution is 2.29. The minimum absolute atomic E-state index is 0.0189. The van der Waals surface area contributed by atoms with Gasteiger partial charge in [0.25, 0.3) is 0 Å². The Balaban J connectivity index is 1.65. The molecule has 2 aromatic heterocycles. The van der Waals surface area contributed by atoms with Crippen LogP contribution in [-0.2, 0) is 25.8 Å². The van der Waals surface area contributed by atoms with Crippen LogP contribution in [-0.4, -0.2) is 33.3 Å². The maximum Gasteiger partial charge on any atom is 0.309 e. The predicted molar refractivity (Wildman–Crippen MR) is 109 cm³/mol. The monoisotopic (exact) mass is 450 g/mol. The number of carbonyl (C=O) groups excluding carboxylic acids is 2. The summed E-state index contributed by atoms with van der Waals surface area (Å²) in [5, 5.41) is 4.00. The molecule has 2 heterocycles. The molecule has 0 saturated heterocycles. The van der Waals surface area contributed by atoms with Gasteiger partial charge < -0.3 is 19.5 Å². The van der Waals surface area contributed by atoms with Crippen molar-refractivity contribution in [2.24, 2.45) is 0 Å². The summed E-state index contributed by atoms with van der Waals surface area (Å²) in [4.78, 5) is 24.1. The van der Waals surface area contributed by atoms with E-state index in [1.165, 1.54) is 42.9 Å². The van der Waals surface area contributed by atoms with Gasteiger partial charge in [0.1, 0.15) is 16.8 Å². The first-order valence-corrected chi connectivity index (χ1v) is 10.9. The number of rotatable bonds is 8. The molecule has 10 heteroatoms. The second kappa shape index (κ2) is 9.64. The van der Waals surface area contributed by atoms with Crippen molar-refractivity contribution in [3.63, 3.8) is 0 Å². The highest BCUT2D eigenvalue weighted by molar-refractivity contribution is 7.91. The van der Waals surface area contributed by atoms with E-state index < -0.39 is 26.9 Å². The third-order valence-electron chi connectivity index (χ3n) is 4.27. The average molecular weight is 451 g/mol. The van der Waals surface area contributed by atoms with Crippen molar-refractivity contribution >= 4 is 33.3 Å². The number of carbonyl (C=O) groups is 2. The molecule has 0 aliphatic heterocycles. The van der Waals surface area contributed by atoms with Crippen molar-refractivity contribution in [3.05, 3.63) is 77.6 Å². The van der Waals surface area contributed by atoms with Crippen LogP contribution in [0, 0.1) is 0 Å². The molecule has 2 N–H and O–H groups in total. The van der Waals surface area contributed by atoms with Crippen LogP contribution in [0.3, 0.4) is 0 Å². The Morgan fingerprint density at radius 1 is 0.933 bits per heavy atom. The number of hydrogen-bond acceptors (Lipinski definition) is 6. The molecule has 2 amide bonds. The molecule has 158 valence electrons. The Kier molecular flexibility index (Phi) is 6.96. The second-order valence-electron chi connectivity index (χ2n) is 6.30. The normalized spacial score (nSPS) is 12.3. The minimum Gasteiger partial charge on any atom is -0.469 e. The van der Waals surface area contributed by atoms with E-state index in [1.54, 1.807) is 18.2 Å². The van der Waals surface area contributed by atoms with Crippen molar-refractivity contribution in [2.45, 2.75) is 16.6 Å². The summed E-state index contributed by atoms with van der Waals surface area (Å²) >= 11 is 5.83. The molecule has 0 radical (unpaired) electrons. The van der Waals surface area contributed by atoms with E-state index in [0.29, 0.717) is 17.2 Å². The van der Waals surface area contributed by atoms with Crippen LogP contribution in [0.5, 0.6) is 0 Å². The lowest BCUT2D eigenvalue weighted by Crippen LogP contribution is -2.42. The molecule has 3 aromatic rings. The molecule has 0 aliphatic rings. The number of benzene rings is 1. The van der Waals surface area contributed by atoms with Gasteiger partial charge in [0.05, 0.1) is 17.4 Å². The van der Waals surface area contributed by atoms with Crippen LogP contribution in [0.4, 0.5) is 0 Å². The molecule has 8 nitrogen and oxygen atoms in total. The van der Waals surface area contributed by atoms with E-state index in [2.05, 4.69) is 10.6 Å². The van der Waals surface area contributed by atoms with Crippen LogP contribution in [0.1, 0.15) is 16.8 Å². The molecule has 1 aromatic carbocycles. The Morgan fingerprint density at radius 3 is 2.23 bits per heavy atom. The number of furan rings is 2. The zero-order valence-corrected chi connectivity index (χ0v) is 17.3. The van der Waals surface area contributed by atoms with Gasteiger partial charge in [-0.15, -0.1) is 0 Å². The number of nitrogens with one attached hydrogen (secondary N) is 2. The van der Waals surface area contributed by atoms with E-state index >= 15 is 0 Å². The van der Waals surface area contributed by atoms with Crippen LogP contribution in [0.15, 0.2) is 74.8 Å². The molecule has 3 rings (SSSR count). The van der Waals surface area contributed by atoms with Gasteiger partial charge >= 0.3 is 11.8 Å². The minimum atomic E-state index is -3.92. The predicted octanol–water partition coefficient (Wildman–Crippen LogP) is 2.52. The summed E-state index contributed by atoms with van der Waals surface area (Å²) in [6, 6.07) is 12.2. The summed E-state index contributed by atoms with van der Waals surface area (Å²) in [6.45, 7) is -0.145. The molecular formula is C20H19ClN2O6S. The van der Waals surface area contributed by atoms with Crippen molar-refractivity contribution in [3.8, 4) is 0 Å². The van der Waals surface area contributed by atoms with Gasteiger partial charge in [-0.3, -0.25) is 9.59 Å². The van der Waals surface area contributed by atoms with Crippen molar-refractivity contribution < 1.29 is 26.8 Å². The molecule has 0 aliphatic carbocycles. The quantitative estimate of drug-likeness (QED) is 0.509. The largest absolute Gasteiger partial charge is 0.469 e. The van der Waals surface area contributed by atoms with E-state index in [9.17, 15) is 18.0 Å². The van der Waals surface area contributed by atoms with E-state index in [4.69, 9.17) is 20.4 Å². The lowest BCUT2D eigenvalue weighted by molar-refractivity contribution is -0.139. The van der Waals surface area contributed by atoms with E-state index in [-0.39, 0.29) is 23.7 Å². The van der Waals surface area contributed by atoms with Gasteiger partial charge in [-0.2, -0.15) is 0 Å². The van der Waals surface area contributed by atoms with Gasteiger partial charge in [-0.1, -0.05) is 11.6 Å². The number of hydrogen-bond donors (Lipinski definition) is 2. The Labute approximate surface area is 178 Å². The van der Waals surface area contributed by atoms with Crippen LogP contribution >= 0.6 is 11.6 Å². The zero-order valence-electron chi connectivity index (χ0n) is 15.7. The first kappa shape index (κ1) is 21.7. The standard InChI is InChI=1S/C20H19ClN2O6S/c21-14-5-7-16(8-6-14)30(26,27)18(17-4-2-12-29-17)13-23-20(25)19(24)22-10-9-15-3-1-11-28-15/h1-8,11-12,18H,9-10,13H2,(H,22,24)(H,23,25)/t18-/m1/s1. The Morgan fingerprint density at radius 2 is 1.60 bits per heavy atom. The molecule has 0 saturated carbocycles. The number of amides is 2. The molecule has 1 atom stereocenters. The molecule has 0 unspecified atom stereocenters. The van der Waals surface area contributed by atoms with Crippen molar-refractivity contribution in [1.82, 2.24) is 10.6 Å². The second-order valence-corrected chi connectivity index (χ2v) is 8.87. The van der Waals surface area contributed by atoms with Crippen LogP contribution in [0.2, 0.25) is 5.02 Å². The number of halogens is 1. The molecule has 30 heavy (non-hydrogen) atoms. The van der Waals surface area contributed by atoms with Crippen molar-refractivity contribution in [2.75, 3.05) is 13.1 Å². The summed E-state index contributed by atoms with van der Waals surface area (Å²) in [7, 11) is -3.92. The summed E-state index contributed by atoms with van der Waals surface area (Å²) < 4.78 is 36.5. The maximum absolute atomic E-state index is 13.1. The number of sulfone groups is 1. The smallest absolute Gasteiger partial charge is 0.309 e. The first-order chi connectivity index (χ1) is 14.4. The molecular weight excluding hydrogens is 432 g/mol. The van der Waals surface area contributed by atoms with Crippen molar-refractivity contribution in [1.29, 1.82) is 0 Å². The van der Waals surface area contributed by atoms with Crippen LogP contribution in [0.25, 0.3) is 0 Å². The zero-order chi connectivity index (χ0) is 21.6. The van der Waals surface area contributed by atoms with Gasteiger partial charge in [-0.25, -0.2) is 8.42 Å². The molecule has 0 bridgehead atoms. The van der Waals surface area contributed by atoms with Crippen LogP contribution < -0.4 is 10.6 Å². The fourth-order valence-corrected chi connectivity index (χ4v) is 4.44. The Hall–Kier alpha value is -3.04. The summed E-state index contributed by atoms with van der Waals surface area (Å²) in [5.74, 6) is -1.01. The van der Waals surface area contributed by atoms with Gasteiger partial charge in [-0.05, 0) is 48.5 Å². The molecule has 0 fully saturated rings. The molecule has 0 spiro atoms. The van der Waals surface area contributed by atoms with E-state index in [1.807, 2.05) is 0 Å². The van der Waals surface area contributed by atoms with E-state index in [0.717, 1.165) is 0 Å². The highest BCUT2D eigenvalue weighted by atomic mass is 35.5.